The third-order valence-electron chi connectivity index (χ3n) is 3.20. The third-order valence-corrected chi connectivity index (χ3v) is 3.20. The summed E-state index contributed by atoms with van der Waals surface area (Å²) in [6, 6.07) is 10.7. The van der Waals surface area contributed by atoms with Crippen molar-refractivity contribution in [3.63, 3.8) is 0 Å². The first-order valence-corrected chi connectivity index (χ1v) is 6.35. The Labute approximate surface area is 119 Å². The zero-order chi connectivity index (χ0) is 14.2. The number of fused-ring (bicyclic) bond motifs is 2. The highest BCUT2D eigenvalue weighted by Gasteiger charge is 2.17. The molecule has 2 aromatic heterocycles. The Hall–Kier alpha value is -3.02. The monoisotopic (exact) mass is 282 g/mol. The minimum Gasteiger partial charge on any atom is -0.454 e. The van der Waals surface area contributed by atoms with Gasteiger partial charge in [-0.2, -0.15) is 4.98 Å². The lowest BCUT2D eigenvalue weighted by molar-refractivity contribution is 0.111. The molecule has 0 unspecified atom stereocenters. The van der Waals surface area contributed by atoms with Crippen molar-refractivity contribution in [3.8, 4) is 23.1 Å². The Morgan fingerprint density at radius 2 is 2.10 bits per heavy atom. The second-order valence-corrected chi connectivity index (χ2v) is 4.47. The van der Waals surface area contributed by atoms with Crippen LogP contribution in [0, 0.1) is 0 Å². The molecule has 6 nitrogen and oxygen atoms in total. The number of aromatic nitrogens is 2. The van der Waals surface area contributed by atoms with Crippen molar-refractivity contribution in [2.75, 3.05) is 6.79 Å². The summed E-state index contributed by atoms with van der Waals surface area (Å²) in [5.74, 6) is 2.08. The molecule has 104 valence electrons. The van der Waals surface area contributed by atoms with Crippen LogP contribution in [0.25, 0.3) is 5.65 Å². The number of ether oxygens (including phenoxy) is 3. The van der Waals surface area contributed by atoms with Crippen LogP contribution in [0.3, 0.4) is 0 Å². The molecule has 6 heteroatoms. The van der Waals surface area contributed by atoms with Crippen LogP contribution in [0.15, 0.2) is 42.6 Å². The smallest absolute Gasteiger partial charge is 0.249 e. The molecule has 0 saturated heterocycles. The van der Waals surface area contributed by atoms with Gasteiger partial charge in [-0.25, -0.2) is 0 Å². The number of carbonyl (C=O) groups excluding carboxylic acids is 1. The van der Waals surface area contributed by atoms with E-state index in [9.17, 15) is 4.79 Å². The lowest BCUT2D eigenvalue weighted by atomic mass is 10.3. The molecule has 3 heterocycles. The zero-order valence-corrected chi connectivity index (χ0v) is 10.9. The molecule has 4 rings (SSSR count). The first-order chi connectivity index (χ1) is 10.3. The number of rotatable bonds is 3. The summed E-state index contributed by atoms with van der Waals surface area (Å²) in [6.07, 6.45) is 2.49. The van der Waals surface area contributed by atoms with E-state index in [1.54, 1.807) is 34.9 Å². The van der Waals surface area contributed by atoms with E-state index >= 15 is 0 Å². The molecule has 3 aromatic rings. The second kappa shape index (κ2) is 4.52. The quantitative estimate of drug-likeness (QED) is 0.691. The van der Waals surface area contributed by atoms with Crippen LogP contribution < -0.4 is 14.2 Å². The maximum Gasteiger partial charge on any atom is 0.249 e. The van der Waals surface area contributed by atoms with Crippen LogP contribution in [-0.4, -0.2) is 22.5 Å². The van der Waals surface area contributed by atoms with E-state index < -0.39 is 0 Å². The molecule has 0 fully saturated rings. The molecule has 0 saturated carbocycles. The lowest BCUT2D eigenvalue weighted by Crippen LogP contribution is -1.93. The van der Waals surface area contributed by atoms with Gasteiger partial charge in [0.1, 0.15) is 11.4 Å². The summed E-state index contributed by atoms with van der Waals surface area (Å²) in [4.78, 5) is 15.6. The molecule has 0 amide bonds. The summed E-state index contributed by atoms with van der Waals surface area (Å²) in [5, 5.41) is 0. The molecule has 0 aliphatic carbocycles. The molecular formula is C15H10N2O4. The summed E-state index contributed by atoms with van der Waals surface area (Å²) in [7, 11) is 0. The van der Waals surface area contributed by atoms with Crippen LogP contribution in [0.2, 0.25) is 0 Å². The van der Waals surface area contributed by atoms with Crippen molar-refractivity contribution >= 4 is 11.9 Å². The molecule has 0 N–H and O–H groups in total. The van der Waals surface area contributed by atoms with Crippen LogP contribution >= 0.6 is 0 Å². The van der Waals surface area contributed by atoms with Gasteiger partial charge >= 0.3 is 0 Å². The van der Waals surface area contributed by atoms with Gasteiger partial charge in [-0.1, -0.05) is 6.07 Å². The summed E-state index contributed by atoms with van der Waals surface area (Å²) < 4.78 is 17.9. The van der Waals surface area contributed by atoms with Gasteiger partial charge < -0.3 is 14.2 Å². The Morgan fingerprint density at radius 3 is 3.00 bits per heavy atom. The number of hydrogen-bond donors (Lipinski definition) is 0. The Morgan fingerprint density at radius 1 is 1.19 bits per heavy atom. The highest BCUT2D eigenvalue weighted by molar-refractivity contribution is 5.78. The van der Waals surface area contributed by atoms with E-state index in [1.165, 1.54) is 0 Å². The largest absolute Gasteiger partial charge is 0.454 e. The molecular weight excluding hydrogens is 272 g/mol. The minimum atomic E-state index is 0.201. The molecule has 0 bridgehead atoms. The third kappa shape index (κ3) is 1.88. The fraction of sp³-hybridized carbons (Fsp3) is 0.0667. The number of benzene rings is 1. The highest BCUT2D eigenvalue weighted by atomic mass is 16.7. The summed E-state index contributed by atoms with van der Waals surface area (Å²) >= 11 is 0. The maximum absolute atomic E-state index is 11.3. The standard InChI is InChI=1S/C15H10N2O4/c18-8-11-15(16-14-3-1-2-6-17(11)14)21-10-4-5-12-13(7-10)20-9-19-12/h1-8H,9H2. The van der Waals surface area contributed by atoms with Gasteiger partial charge in [0.2, 0.25) is 12.7 Å². The van der Waals surface area contributed by atoms with Crippen molar-refractivity contribution in [1.29, 1.82) is 0 Å². The average molecular weight is 282 g/mol. The first-order valence-electron chi connectivity index (χ1n) is 6.35. The van der Waals surface area contributed by atoms with Crippen LogP contribution in [-0.2, 0) is 0 Å². The summed E-state index contributed by atoms with van der Waals surface area (Å²) in [5.41, 5.74) is 1.01. The fourth-order valence-corrected chi connectivity index (χ4v) is 2.23. The van der Waals surface area contributed by atoms with Gasteiger partial charge in [0.25, 0.3) is 0 Å². The van der Waals surface area contributed by atoms with Crippen LogP contribution in [0.1, 0.15) is 10.5 Å². The molecule has 1 aliphatic rings. The van der Waals surface area contributed by atoms with Crippen molar-refractivity contribution in [1.82, 2.24) is 9.38 Å². The zero-order valence-electron chi connectivity index (χ0n) is 10.9. The van der Waals surface area contributed by atoms with Gasteiger partial charge in [-0.3, -0.25) is 9.20 Å². The van der Waals surface area contributed by atoms with Crippen molar-refractivity contribution < 1.29 is 19.0 Å². The maximum atomic E-state index is 11.3. The topological polar surface area (TPSA) is 62.1 Å². The number of pyridine rings is 1. The molecule has 0 atom stereocenters. The number of imidazole rings is 1. The number of hydrogen-bond acceptors (Lipinski definition) is 5. The summed E-state index contributed by atoms with van der Waals surface area (Å²) in [6.45, 7) is 0.201. The Bertz CT molecular complexity index is 841. The molecule has 21 heavy (non-hydrogen) atoms. The molecule has 1 aliphatic heterocycles. The van der Waals surface area contributed by atoms with Gasteiger partial charge in [0, 0.05) is 12.3 Å². The number of aldehydes is 1. The number of nitrogens with zero attached hydrogens (tertiary/aromatic N) is 2. The van der Waals surface area contributed by atoms with Gasteiger partial charge in [0.15, 0.2) is 23.5 Å². The van der Waals surface area contributed by atoms with Gasteiger partial charge in [0.05, 0.1) is 0 Å². The fourth-order valence-electron chi connectivity index (χ4n) is 2.23. The predicted molar refractivity (Wildman–Crippen MR) is 73.2 cm³/mol. The van der Waals surface area contributed by atoms with Crippen molar-refractivity contribution in [2.45, 2.75) is 0 Å². The van der Waals surface area contributed by atoms with E-state index in [-0.39, 0.29) is 12.7 Å². The van der Waals surface area contributed by atoms with Gasteiger partial charge in [-0.15, -0.1) is 0 Å². The SMILES string of the molecule is O=Cc1c(Oc2ccc3c(c2)OCO3)nc2ccccn12. The molecule has 1 aromatic carbocycles. The van der Waals surface area contributed by atoms with Gasteiger partial charge in [-0.05, 0) is 24.3 Å². The van der Waals surface area contributed by atoms with E-state index in [4.69, 9.17) is 14.2 Å². The normalized spacial score (nSPS) is 12.6. The lowest BCUT2D eigenvalue weighted by Gasteiger charge is -2.04. The van der Waals surface area contributed by atoms with E-state index in [0.717, 1.165) is 6.29 Å². The predicted octanol–water partition coefficient (Wildman–Crippen LogP) is 2.67. The number of carbonyl (C=O) groups is 1. The van der Waals surface area contributed by atoms with Crippen LogP contribution in [0.4, 0.5) is 0 Å². The van der Waals surface area contributed by atoms with Crippen molar-refractivity contribution in [3.05, 3.63) is 48.3 Å². The second-order valence-electron chi connectivity index (χ2n) is 4.47. The highest BCUT2D eigenvalue weighted by Crippen LogP contribution is 2.36. The van der Waals surface area contributed by atoms with Crippen molar-refractivity contribution in [2.24, 2.45) is 0 Å². The Balaban J connectivity index is 1.75. The van der Waals surface area contributed by atoms with E-state index in [2.05, 4.69) is 4.98 Å². The Kier molecular flexibility index (Phi) is 2.53. The first kappa shape index (κ1) is 11.8. The van der Waals surface area contributed by atoms with E-state index in [1.807, 2.05) is 12.1 Å². The van der Waals surface area contributed by atoms with E-state index in [0.29, 0.717) is 28.6 Å². The minimum absolute atomic E-state index is 0.201. The molecule has 0 radical (unpaired) electrons. The average Bonchev–Trinajstić information content (AvgIpc) is 3.10. The molecule has 0 spiro atoms. The van der Waals surface area contributed by atoms with Crippen LogP contribution in [0.5, 0.6) is 23.1 Å².